The average Bonchev–Trinajstić information content (AvgIpc) is 2.61. The summed E-state index contributed by atoms with van der Waals surface area (Å²) in [6.07, 6.45) is -0.0526. The summed E-state index contributed by atoms with van der Waals surface area (Å²) in [5.41, 5.74) is 3.91. The fourth-order valence-corrected chi connectivity index (χ4v) is 4.82. The monoisotopic (exact) mass is 382 g/mol. The SMILES string of the molecule is Cc1cc(C)c(C2C(=O)CC(C(C)CSc3ccccc3)OC2=O)c(C)c1. The van der Waals surface area contributed by atoms with Crippen molar-refractivity contribution in [3.05, 3.63) is 64.7 Å². The Morgan fingerprint density at radius 1 is 1.07 bits per heavy atom. The number of benzene rings is 2. The first-order chi connectivity index (χ1) is 12.9. The number of hydrogen-bond acceptors (Lipinski definition) is 4. The van der Waals surface area contributed by atoms with Crippen molar-refractivity contribution in [3.63, 3.8) is 0 Å². The van der Waals surface area contributed by atoms with Crippen molar-refractivity contribution in [1.29, 1.82) is 0 Å². The van der Waals surface area contributed by atoms with Gasteiger partial charge in [0.1, 0.15) is 12.0 Å². The molecule has 0 spiro atoms. The first kappa shape index (κ1) is 19.7. The van der Waals surface area contributed by atoms with E-state index in [0.29, 0.717) is 6.42 Å². The summed E-state index contributed by atoms with van der Waals surface area (Å²) in [4.78, 5) is 26.8. The van der Waals surface area contributed by atoms with Gasteiger partial charge in [0, 0.05) is 23.0 Å². The number of esters is 1. The molecule has 1 heterocycles. The van der Waals surface area contributed by atoms with E-state index in [4.69, 9.17) is 4.74 Å². The van der Waals surface area contributed by atoms with Crippen molar-refractivity contribution in [2.45, 2.75) is 51.0 Å². The zero-order valence-corrected chi connectivity index (χ0v) is 17.1. The molecule has 1 saturated heterocycles. The predicted octanol–water partition coefficient (Wildman–Crippen LogP) is 5.01. The van der Waals surface area contributed by atoms with Crippen molar-refractivity contribution in [2.75, 3.05) is 5.75 Å². The van der Waals surface area contributed by atoms with E-state index in [2.05, 4.69) is 12.1 Å². The second-order valence-corrected chi connectivity index (χ2v) is 8.59. The van der Waals surface area contributed by atoms with Crippen LogP contribution in [0.15, 0.2) is 47.4 Å². The van der Waals surface area contributed by atoms with Crippen molar-refractivity contribution in [2.24, 2.45) is 5.92 Å². The van der Waals surface area contributed by atoms with Crippen LogP contribution >= 0.6 is 11.8 Å². The molecule has 3 nitrogen and oxygen atoms in total. The molecule has 0 N–H and O–H groups in total. The van der Waals surface area contributed by atoms with Crippen LogP contribution in [-0.2, 0) is 14.3 Å². The third-order valence-corrected chi connectivity index (χ3v) is 6.44. The van der Waals surface area contributed by atoms with Gasteiger partial charge in [-0.2, -0.15) is 0 Å². The van der Waals surface area contributed by atoms with Gasteiger partial charge in [0.15, 0.2) is 5.78 Å². The third-order valence-electron chi connectivity index (χ3n) is 5.15. The lowest BCUT2D eigenvalue weighted by atomic mass is 9.82. The maximum Gasteiger partial charge on any atom is 0.321 e. The van der Waals surface area contributed by atoms with E-state index in [1.165, 1.54) is 4.90 Å². The fourth-order valence-electron chi connectivity index (χ4n) is 3.80. The molecule has 1 aliphatic heterocycles. The molecule has 0 bridgehead atoms. The highest BCUT2D eigenvalue weighted by Gasteiger charge is 2.41. The Bertz CT molecular complexity index is 803. The second kappa shape index (κ2) is 8.30. The first-order valence-electron chi connectivity index (χ1n) is 9.35. The minimum atomic E-state index is -0.782. The lowest BCUT2D eigenvalue weighted by molar-refractivity contribution is -0.162. The van der Waals surface area contributed by atoms with Gasteiger partial charge >= 0.3 is 5.97 Å². The number of carbonyl (C=O) groups excluding carboxylic acids is 2. The predicted molar refractivity (Wildman–Crippen MR) is 109 cm³/mol. The molecule has 0 aromatic heterocycles. The minimum absolute atomic E-state index is 0.0251. The van der Waals surface area contributed by atoms with Crippen LogP contribution in [0.1, 0.15) is 41.5 Å². The van der Waals surface area contributed by atoms with Crippen molar-refractivity contribution in [1.82, 2.24) is 0 Å². The Balaban J connectivity index is 1.70. The Morgan fingerprint density at radius 3 is 2.30 bits per heavy atom. The zero-order valence-electron chi connectivity index (χ0n) is 16.3. The van der Waals surface area contributed by atoms with Gasteiger partial charge in [0.25, 0.3) is 0 Å². The number of rotatable bonds is 5. The van der Waals surface area contributed by atoms with E-state index in [-0.39, 0.29) is 17.8 Å². The average molecular weight is 383 g/mol. The molecule has 1 fully saturated rings. The van der Waals surface area contributed by atoms with Crippen LogP contribution in [-0.4, -0.2) is 23.6 Å². The van der Waals surface area contributed by atoms with E-state index in [1.54, 1.807) is 11.8 Å². The van der Waals surface area contributed by atoms with Crippen LogP contribution < -0.4 is 0 Å². The van der Waals surface area contributed by atoms with Crippen LogP contribution in [0.5, 0.6) is 0 Å². The molecule has 3 atom stereocenters. The molecule has 27 heavy (non-hydrogen) atoms. The molecule has 1 aliphatic rings. The van der Waals surface area contributed by atoms with Crippen LogP contribution in [0, 0.1) is 26.7 Å². The second-order valence-electron chi connectivity index (χ2n) is 7.49. The molecule has 4 heteroatoms. The quantitative estimate of drug-likeness (QED) is 0.414. The number of thioether (sulfide) groups is 1. The number of aryl methyl sites for hydroxylation is 3. The Morgan fingerprint density at radius 2 is 1.70 bits per heavy atom. The van der Waals surface area contributed by atoms with Gasteiger partial charge in [-0.15, -0.1) is 11.8 Å². The van der Waals surface area contributed by atoms with E-state index < -0.39 is 11.9 Å². The maximum atomic E-state index is 12.9. The molecule has 2 aromatic rings. The van der Waals surface area contributed by atoms with Gasteiger partial charge < -0.3 is 4.74 Å². The minimum Gasteiger partial charge on any atom is -0.461 e. The highest BCUT2D eigenvalue weighted by Crippen LogP contribution is 2.34. The van der Waals surface area contributed by atoms with Crippen LogP contribution in [0.2, 0.25) is 0 Å². The molecule has 2 aromatic carbocycles. The molecule has 3 rings (SSSR count). The Hall–Kier alpha value is -2.07. The molecule has 3 unspecified atom stereocenters. The molecule has 0 amide bonds. The van der Waals surface area contributed by atoms with E-state index >= 15 is 0 Å². The number of ether oxygens (including phenoxy) is 1. The number of ketones is 1. The zero-order chi connectivity index (χ0) is 19.6. The van der Waals surface area contributed by atoms with Gasteiger partial charge in [-0.1, -0.05) is 42.8 Å². The summed E-state index contributed by atoms with van der Waals surface area (Å²) in [6, 6.07) is 14.2. The lowest BCUT2D eigenvalue weighted by Crippen LogP contribution is -2.41. The van der Waals surface area contributed by atoms with Crippen molar-refractivity contribution < 1.29 is 14.3 Å². The van der Waals surface area contributed by atoms with E-state index in [0.717, 1.165) is 28.0 Å². The summed E-state index contributed by atoms with van der Waals surface area (Å²) in [5, 5.41) is 0. The molecule has 0 aliphatic carbocycles. The summed E-state index contributed by atoms with van der Waals surface area (Å²) in [5.74, 6) is -0.284. The molecular formula is C23H26O3S. The number of carbonyl (C=O) groups is 2. The lowest BCUT2D eigenvalue weighted by Gasteiger charge is -2.32. The molecular weight excluding hydrogens is 356 g/mol. The van der Waals surface area contributed by atoms with Crippen LogP contribution in [0.3, 0.4) is 0 Å². The van der Waals surface area contributed by atoms with Gasteiger partial charge in [0.2, 0.25) is 0 Å². The number of hydrogen-bond donors (Lipinski definition) is 0. The van der Waals surface area contributed by atoms with Crippen molar-refractivity contribution >= 4 is 23.5 Å². The summed E-state index contributed by atoms with van der Waals surface area (Å²) < 4.78 is 5.74. The Kier molecular flexibility index (Phi) is 6.05. The van der Waals surface area contributed by atoms with Gasteiger partial charge in [-0.25, -0.2) is 0 Å². The highest BCUT2D eigenvalue weighted by atomic mass is 32.2. The van der Waals surface area contributed by atoms with Crippen LogP contribution in [0.4, 0.5) is 0 Å². The molecule has 0 saturated carbocycles. The van der Waals surface area contributed by atoms with Gasteiger partial charge in [-0.05, 0) is 49.6 Å². The highest BCUT2D eigenvalue weighted by molar-refractivity contribution is 7.99. The fraction of sp³-hybridized carbons (Fsp3) is 0.391. The summed E-state index contributed by atoms with van der Waals surface area (Å²) >= 11 is 1.73. The Labute approximate surface area is 165 Å². The van der Waals surface area contributed by atoms with E-state index in [1.807, 2.05) is 58.0 Å². The third kappa shape index (κ3) is 4.44. The maximum absolute atomic E-state index is 12.9. The molecule has 142 valence electrons. The summed E-state index contributed by atoms with van der Waals surface area (Å²) in [7, 11) is 0. The van der Waals surface area contributed by atoms with Crippen LogP contribution in [0.25, 0.3) is 0 Å². The van der Waals surface area contributed by atoms with Gasteiger partial charge in [0.05, 0.1) is 0 Å². The smallest absolute Gasteiger partial charge is 0.321 e. The number of cyclic esters (lactones) is 1. The first-order valence-corrected chi connectivity index (χ1v) is 10.3. The summed E-state index contributed by atoms with van der Waals surface area (Å²) in [6.45, 7) is 7.99. The normalized spacial score (nSPS) is 21.0. The molecule has 0 radical (unpaired) electrons. The van der Waals surface area contributed by atoms with Crippen molar-refractivity contribution in [3.8, 4) is 0 Å². The topological polar surface area (TPSA) is 43.4 Å². The number of Topliss-reactive ketones (excluding diaryl/α,β-unsaturated/α-hetero) is 1. The van der Waals surface area contributed by atoms with E-state index in [9.17, 15) is 9.59 Å². The van der Waals surface area contributed by atoms with Gasteiger partial charge in [-0.3, -0.25) is 9.59 Å². The standard InChI is InChI=1S/C23H26O3S/c1-14-10-15(2)21(16(3)11-14)22-19(24)12-20(26-23(22)25)17(4)13-27-18-8-6-5-7-9-18/h5-11,17,20,22H,12-13H2,1-4H3. The largest absolute Gasteiger partial charge is 0.461 e.